The van der Waals surface area contributed by atoms with Crippen molar-refractivity contribution in [1.82, 2.24) is 4.98 Å². The Morgan fingerprint density at radius 2 is 2.07 bits per heavy atom. The SMILES string of the molecule is Cc1cc(CC=NOCc2nc(C(C)(C)C)oc2C)ccc1OCC(=O)O. The van der Waals surface area contributed by atoms with E-state index >= 15 is 0 Å². The third-order valence-corrected chi connectivity index (χ3v) is 3.80. The minimum atomic E-state index is -1.00. The van der Waals surface area contributed by atoms with Crippen molar-refractivity contribution >= 4 is 12.2 Å². The molecule has 0 unspecified atom stereocenters. The fraction of sp³-hybridized carbons (Fsp3) is 0.450. The molecule has 146 valence electrons. The summed E-state index contributed by atoms with van der Waals surface area (Å²) >= 11 is 0. The van der Waals surface area contributed by atoms with Gasteiger partial charge >= 0.3 is 5.97 Å². The molecule has 0 bridgehead atoms. The highest BCUT2D eigenvalue weighted by molar-refractivity contribution is 5.68. The van der Waals surface area contributed by atoms with Crippen LogP contribution in [0.15, 0.2) is 27.8 Å². The first-order valence-corrected chi connectivity index (χ1v) is 8.71. The standard InChI is InChI=1S/C20H26N2O5/c1-13-10-15(6-7-17(13)25-12-18(23)24)8-9-21-26-11-16-14(2)27-19(22-16)20(3,4)5/h6-7,9-10H,8,11-12H2,1-5H3,(H,23,24). The average molecular weight is 374 g/mol. The predicted octanol–water partition coefficient (Wildman–Crippen LogP) is 3.80. The number of carboxylic acid groups (broad SMARTS) is 1. The van der Waals surface area contributed by atoms with Crippen LogP contribution in [-0.4, -0.2) is 28.9 Å². The van der Waals surface area contributed by atoms with Crippen molar-refractivity contribution in [3.05, 3.63) is 46.7 Å². The molecule has 2 rings (SSSR count). The lowest BCUT2D eigenvalue weighted by Gasteiger charge is -2.11. The van der Waals surface area contributed by atoms with Crippen molar-refractivity contribution in [2.24, 2.45) is 5.16 Å². The molecular weight excluding hydrogens is 348 g/mol. The number of aliphatic carboxylic acids is 1. The lowest BCUT2D eigenvalue weighted by atomic mass is 9.97. The molecule has 0 fully saturated rings. The molecule has 27 heavy (non-hydrogen) atoms. The van der Waals surface area contributed by atoms with Crippen LogP contribution in [-0.2, 0) is 28.1 Å². The Morgan fingerprint density at radius 3 is 2.67 bits per heavy atom. The third-order valence-electron chi connectivity index (χ3n) is 3.80. The topological polar surface area (TPSA) is 94.2 Å². The molecule has 7 nitrogen and oxygen atoms in total. The van der Waals surface area contributed by atoms with Gasteiger partial charge in [0.2, 0.25) is 0 Å². The number of aryl methyl sites for hydroxylation is 2. The highest BCUT2D eigenvalue weighted by atomic mass is 16.6. The van der Waals surface area contributed by atoms with Gasteiger partial charge in [-0.25, -0.2) is 9.78 Å². The van der Waals surface area contributed by atoms with Crippen molar-refractivity contribution < 1.29 is 23.9 Å². The second-order valence-corrected chi connectivity index (χ2v) is 7.32. The maximum absolute atomic E-state index is 10.6. The molecular formula is C20H26N2O5. The minimum absolute atomic E-state index is 0.148. The molecule has 0 aliphatic heterocycles. The molecule has 1 N–H and O–H groups in total. The zero-order chi connectivity index (χ0) is 20.0. The molecule has 0 amide bonds. The van der Waals surface area contributed by atoms with Gasteiger partial charge in [-0.2, -0.15) is 0 Å². The Bertz CT molecular complexity index is 818. The van der Waals surface area contributed by atoms with E-state index in [0.717, 1.165) is 22.6 Å². The van der Waals surface area contributed by atoms with Crippen LogP contribution < -0.4 is 4.74 Å². The number of rotatable bonds is 8. The second kappa shape index (κ2) is 8.70. The van der Waals surface area contributed by atoms with E-state index in [-0.39, 0.29) is 18.6 Å². The number of hydrogen-bond acceptors (Lipinski definition) is 6. The van der Waals surface area contributed by atoms with Crippen molar-refractivity contribution in [2.75, 3.05) is 6.61 Å². The smallest absolute Gasteiger partial charge is 0.341 e. The zero-order valence-electron chi connectivity index (χ0n) is 16.4. The van der Waals surface area contributed by atoms with E-state index in [0.29, 0.717) is 18.1 Å². The highest BCUT2D eigenvalue weighted by Crippen LogP contribution is 2.24. The van der Waals surface area contributed by atoms with E-state index in [1.54, 1.807) is 12.3 Å². The molecule has 1 aromatic heterocycles. The molecule has 0 atom stereocenters. The van der Waals surface area contributed by atoms with Crippen molar-refractivity contribution in [2.45, 2.75) is 53.1 Å². The summed E-state index contributed by atoms with van der Waals surface area (Å²) in [5, 5.41) is 12.6. The summed E-state index contributed by atoms with van der Waals surface area (Å²) in [6.07, 6.45) is 2.26. The van der Waals surface area contributed by atoms with Gasteiger partial charge in [0.25, 0.3) is 0 Å². The number of nitrogens with zero attached hydrogens (tertiary/aromatic N) is 2. The summed E-state index contributed by atoms with van der Waals surface area (Å²) in [5.41, 5.74) is 2.49. The lowest BCUT2D eigenvalue weighted by Crippen LogP contribution is -2.11. The molecule has 1 heterocycles. The summed E-state index contributed by atoms with van der Waals surface area (Å²) in [6, 6.07) is 5.56. The first kappa shape index (κ1) is 20.5. The van der Waals surface area contributed by atoms with E-state index in [1.807, 2.05) is 46.8 Å². The van der Waals surface area contributed by atoms with Crippen LogP contribution in [0.2, 0.25) is 0 Å². The fourth-order valence-corrected chi connectivity index (χ4v) is 2.32. The van der Waals surface area contributed by atoms with E-state index in [2.05, 4.69) is 10.1 Å². The van der Waals surface area contributed by atoms with Crippen molar-refractivity contribution in [3.63, 3.8) is 0 Å². The monoisotopic (exact) mass is 374 g/mol. The zero-order valence-corrected chi connectivity index (χ0v) is 16.4. The number of carbonyl (C=O) groups is 1. The predicted molar refractivity (Wildman–Crippen MR) is 101 cm³/mol. The first-order chi connectivity index (χ1) is 12.7. The maximum Gasteiger partial charge on any atom is 0.341 e. The van der Waals surface area contributed by atoms with Gasteiger partial charge in [0.05, 0.1) is 0 Å². The molecule has 0 saturated heterocycles. The molecule has 0 spiro atoms. The minimum Gasteiger partial charge on any atom is -0.482 e. The Balaban J connectivity index is 1.85. The molecule has 7 heteroatoms. The normalized spacial score (nSPS) is 11.7. The van der Waals surface area contributed by atoms with E-state index in [4.69, 9.17) is 19.1 Å². The van der Waals surface area contributed by atoms with Gasteiger partial charge in [-0.05, 0) is 31.0 Å². The summed E-state index contributed by atoms with van der Waals surface area (Å²) in [7, 11) is 0. The summed E-state index contributed by atoms with van der Waals surface area (Å²) in [5.74, 6) is 0.983. The lowest BCUT2D eigenvalue weighted by molar-refractivity contribution is -0.139. The fourth-order valence-electron chi connectivity index (χ4n) is 2.32. The van der Waals surface area contributed by atoms with Crippen LogP contribution in [0.1, 0.15) is 49.2 Å². The van der Waals surface area contributed by atoms with Crippen LogP contribution >= 0.6 is 0 Å². The molecule has 0 radical (unpaired) electrons. The Kier molecular flexibility index (Phi) is 6.60. The molecule has 0 aliphatic carbocycles. The number of benzene rings is 1. The van der Waals surface area contributed by atoms with Gasteiger partial charge < -0.3 is 19.1 Å². The Hall–Kier alpha value is -2.83. The second-order valence-electron chi connectivity index (χ2n) is 7.32. The van der Waals surface area contributed by atoms with Crippen molar-refractivity contribution in [1.29, 1.82) is 0 Å². The van der Waals surface area contributed by atoms with Gasteiger partial charge in [-0.15, -0.1) is 0 Å². The van der Waals surface area contributed by atoms with Gasteiger partial charge in [0.15, 0.2) is 19.1 Å². The third kappa shape index (κ3) is 6.13. The van der Waals surface area contributed by atoms with Gasteiger partial charge in [-0.1, -0.05) is 38.1 Å². The van der Waals surface area contributed by atoms with Gasteiger partial charge in [0.1, 0.15) is 17.2 Å². The molecule has 0 aliphatic rings. The number of ether oxygens (including phenoxy) is 1. The quantitative estimate of drug-likeness (QED) is 0.558. The number of oxime groups is 1. The van der Waals surface area contributed by atoms with E-state index < -0.39 is 5.97 Å². The first-order valence-electron chi connectivity index (χ1n) is 8.71. The highest BCUT2D eigenvalue weighted by Gasteiger charge is 2.22. The number of carboxylic acids is 1. The van der Waals surface area contributed by atoms with Crippen LogP contribution in [0.25, 0.3) is 0 Å². The van der Waals surface area contributed by atoms with Gasteiger partial charge in [0, 0.05) is 18.1 Å². The maximum atomic E-state index is 10.6. The number of oxazole rings is 1. The summed E-state index contributed by atoms with van der Waals surface area (Å²) in [4.78, 5) is 20.4. The average Bonchev–Trinajstić information content (AvgIpc) is 2.95. The van der Waals surface area contributed by atoms with Crippen LogP contribution in [0.3, 0.4) is 0 Å². The Labute approximate surface area is 159 Å². The van der Waals surface area contributed by atoms with Crippen LogP contribution in [0.5, 0.6) is 5.75 Å². The largest absolute Gasteiger partial charge is 0.482 e. The Morgan fingerprint density at radius 1 is 1.33 bits per heavy atom. The van der Waals surface area contributed by atoms with E-state index in [9.17, 15) is 4.79 Å². The summed E-state index contributed by atoms with van der Waals surface area (Å²) in [6.45, 7) is 9.76. The van der Waals surface area contributed by atoms with Gasteiger partial charge in [-0.3, -0.25) is 0 Å². The molecule has 0 saturated carbocycles. The number of aromatic nitrogens is 1. The summed E-state index contributed by atoms with van der Waals surface area (Å²) < 4.78 is 10.9. The molecule has 2 aromatic rings. The van der Waals surface area contributed by atoms with Crippen LogP contribution in [0, 0.1) is 13.8 Å². The number of hydrogen-bond donors (Lipinski definition) is 1. The van der Waals surface area contributed by atoms with E-state index in [1.165, 1.54) is 0 Å². The van der Waals surface area contributed by atoms with Crippen molar-refractivity contribution in [3.8, 4) is 5.75 Å². The molecule has 1 aromatic carbocycles. The van der Waals surface area contributed by atoms with Crippen LogP contribution in [0.4, 0.5) is 0 Å².